The van der Waals surface area contributed by atoms with Crippen LogP contribution in [-0.4, -0.2) is 75.7 Å². The van der Waals surface area contributed by atoms with E-state index in [0.717, 1.165) is 48.2 Å². The number of hydrogen-bond acceptors (Lipinski definition) is 10. The van der Waals surface area contributed by atoms with Crippen LogP contribution in [0.1, 0.15) is 47.6 Å². The third-order valence-electron chi connectivity index (χ3n) is 9.10. The van der Waals surface area contributed by atoms with E-state index in [4.69, 9.17) is 37.4 Å². The van der Waals surface area contributed by atoms with Crippen LogP contribution in [0, 0.1) is 18.3 Å². The Hall–Kier alpha value is -4.41. The minimum absolute atomic E-state index is 0.0163. The Kier molecular flexibility index (Phi) is 13.3. The van der Waals surface area contributed by atoms with Crippen molar-refractivity contribution in [3.8, 4) is 34.4 Å². The van der Waals surface area contributed by atoms with Crippen LogP contribution in [-0.2, 0) is 24.6 Å². The number of pyridine rings is 1. The lowest BCUT2D eigenvalue weighted by molar-refractivity contribution is -0.145. The van der Waals surface area contributed by atoms with E-state index in [-0.39, 0.29) is 30.9 Å². The number of benzene rings is 3. The second-order valence-corrected chi connectivity index (χ2v) is 13.7. The van der Waals surface area contributed by atoms with E-state index < -0.39 is 18.1 Å². The van der Waals surface area contributed by atoms with Crippen LogP contribution in [0.15, 0.2) is 67.0 Å². The topological polar surface area (TPSA) is 157 Å². The number of rotatable bonds is 17. The number of aromatic nitrogens is 1. The Morgan fingerprint density at radius 2 is 1.81 bits per heavy atom. The highest BCUT2D eigenvalue weighted by atomic mass is 35.5. The highest BCUT2D eigenvalue weighted by Gasteiger charge is 2.32. The summed E-state index contributed by atoms with van der Waals surface area (Å²) in [5.41, 5.74) is 3.60. The van der Waals surface area contributed by atoms with Crippen LogP contribution in [0.25, 0.3) is 11.1 Å². The molecule has 1 unspecified atom stereocenters. The summed E-state index contributed by atoms with van der Waals surface area (Å²) in [5, 5.41) is 42.1. The zero-order valence-corrected chi connectivity index (χ0v) is 30.6. The van der Waals surface area contributed by atoms with Crippen molar-refractivity contribution in [3.63, 3.8) is 0 Å². The van der Waals surface area contributed by atoms with Crippen molar-refractivity contribution in [1.29, 1.82) is 5.26 Å². The zero-order valence-electron chi connectivity index (χ0n) is 29.1. The number of carboxylic acid groups (broad SMARTS) is 1. The zero-order chi connectivity index (χ0) is 37.3. The molecule has 1 aliphatic heterocycles. The highest BCUT2D eigenvalue weighted by molar-refractivity contribution is 6.35. The van der Waals surface area contributed by atoms with E-state index in [1.165, 1.54) is 13.1 Å². The van der Waals surface area contributed by atoms with Gasteiger partial charge in [-0.2, -0.15) is 5.26 Å². The first-order valence-electron chi connectivity index (χ1n) is 16.9. The maximum Gasteiger partial charge on any atom is 0.326 e. The quantitative estimate of drug-likeness (QED) is 0.0918. The lowest BCUT2D eigenvalue weighted by atomic mass is 9.96. The fraction of sp³-hybridized carbons (Fsp3) is 0.359. The lowest BCUT2D eigenvalue weighted by Gasteiger charge is -2.25. The molecule has 4 aromatic rings. The minimum atomic E-state index is -1.60. The monoisotopic (exact) mass is 748 g/mol. The van der Waals surface area contributed by atoms with Crippen LogP contribution in [0.3, 0.4) is 0 Å². The van der Waals surface area contributed by atoms with Crippen molar-refractivity contribution in [2.75, 3.05) is 32.8 Å². The largest absolute Gasteiger partial charge is 0.492 e. The van der Waals surface area contributed by atoms with Gasteiger partial charge in [0.1, 0.15) is 42.1 Å². The number of nitriles is 1. The summed E-state index contributed by atoms with van der Waals surface area (Å²) in [7, 11) is 0. The molecule has 0 amide bonds. The molecule has 5 rings (SSSR count). The van der Waals surface area contributed by atoms with E-state index in [2.05, 4.69) is 21.3 Å². The molecule has 274 valence electrons. The number of likely N-dealkylation sites (tertiary alicyclic amines) is 1. The van der Waals surface area contributed by atoms with Crippen molar-refractivity contribution in [2.24, 2.45) is 0 Å². The standard InChI is InChI=1S/C39H42Cl2N4O7/c1-25-28(6-3-7-31(25)32-8-4-9-34(37(32)41)50-13-5-11-45-12-10-30(47)21-45)23-52-36-16-35(51-22-27-14-26(17-42)18-43-19-27)29(15-33(36)40)20-44-39(2,24-46)38(48)49/h3-4,6-9,14-16,18-19,30,44,46-47H,5,10-13,20-24H2,1-2H3,(H,48,49)/t30?,39-/m0/s1. The van der Waals surface area contributed by atoms with Gasteiger partial charge in [-0.1, -0.05) is 53.5 Å². The van der Waals surface area contributed by atoms with E-state index in [9.17, 15) is 25.4 Å². The van der Waals surface area contributed by atoms with Gasteiger partial charge in [-0.3, -0.25) is 15.1 Å². The lowest BCUT2D eigenvalue weighted by Crippen LogP contribution is -2.52. The molecular formula is C39H42Cl2N4O7. The number of aliphatic carboxylic acids is 1. The fourth-order valence-electron chi connectivity index (χ4n) is 5.84. The third-order valence-corrected chi connectivity index (χ3v) is 9.78. The summed E-state index contributed by atoms with van der Waals surface area (Å²) in [6.07, 6.45) is 4.43. The molecule has 4 N–H and O–H groups in total. The van der Waals surface area contributed by atoms with Gasteiger partial charge >= 0.3 is 5.97 Å². The Labute approximate surface area is 313 Å². The molecule has 0 spiro atoms. The Bertz CT molecular complexity index is 1920. The summed E-state index contributed by atoms with van der Waals surface area (Å²) < 4.78 is 18.5. The number of nitrogens with one attached hydrogen (secondary N) is 1. The van der Waals surface area contributed by atoms with Crippen LogP contribution >= 0.6 is 23.2 Å². The molecule has 2 atom stereocenters. The second-order valence-electron chi connectivity index (χ2n) is 13.0. The average molecular weight is 750 g/mol. The average Bonchev–Trinajstić information content (AvgIpc) is 3.57. The van der Waals surface area contributed by atoms with Crippen molar-refractivity contribution in [2.45, 2.75) is 58.1 Å². The Morgan fingerprint density at radius 3 is 2.54 bits per heavy atom. The molecular weight excluding hydrogens is 707 g/mol. The Morgan fingerprint density at radius 1 is 1.04 bits per heavy atom. The van der Waals surface area contributed by atoms with E-state index >= 15 is 0 Å². The predicted molar refractivity (Wildman–Crippen MR) is 198 cm³/mol. The second kappa shape index (κ2) is 17.9. The third kappa shape index (κ3) is 9.72. The first kappa shape index (κ1) is 38.8. The molecule has 0 saturated carbocycles. The summed E-state index contributed by atoms with van der Waals surface area (Å²) >= 11 is 13.6. The van der Waals surface area contributed by atoms with E-state index in [1.807, 2.05) is 43.3 Å². The number of ether oxygens (including phenoxy) is 3. The maximum atomic E-state index is 11.8. The maximum absolute atomic E-state index is 11.8. The number of β-amino-alcohol motifs (C(OH)–C–C–N with tert-alkyl or cyclic N) is 1. The smallest absolute Gasteiger partial charge is 0.326 e. The summed E-state index contributed by atoms with van der Waals surface area (Å²) in [4.78, 5) is 18.1. The molecule has 0 radical (unpaired) electrons. The molecule has 11 nitrogen and oxygen atoms in total. The van der Waals surface area contributed by atoms with Gasteiger partial charge in [0.05, 0.1) is 34.9 Å². The molecule has 2 heterocycles. The molecule has 1 saturated heterocycles. The molecule has 1 aromatic heterocycles. The minimum Gasteiger partial charge on any atom is -0.492 e. The molecule has 52 heavy (non-hydrogen) atoms. The van der Waals surface area contributed by atoms with Gasteiger partial charge in [0.15, 0.2) is 0 Å². The molecule has 13 heteroatoms. The summed E-state index contributed by atoms with van der Waals surface area (Å²) in [5.74, 6) is 0.103. The van der Waals surface area contributed by atoms with Crippen LogP contribution < -0.4 is 19.5 Å². The van der Waals surface area contributed by atoms with Crippen molar-refractivity contribution >= 4 is 29.2 Å². The first-order chi connectivity index (χ1) is 25.0. The van der Waals surface area contributed by atoms with E-state index in [0.29, 0.717) is 52.1 Å². The van der Waals surface area contributed by atoms with Gasteiger partial charge < -0.3 is 34.4 Å². The van der Waals surface area contributed by atoms with Gasteiger partial charge in [-0.05, 0) is 61.6 Å². The molecule has 1 aliphatic rings. The van der Waals surface area contributed by atoms with Crippen molar-refractivity contribution in [3.05, 3.63) is 105 Å². The highest BCUT2D eigenvalue weighted by Crippen LogP contribution is 2.39. The summed E-state index contributed by atoms with van der Waals surface area (Å²) in [6, 6.07) is 18.6. The van der Waals surface area contributed by atoms with Crippen molar-refractivity contribution in [1.82, 2.24) is 15.2 Å². The van der Waals surface area contributed by atoms with Crippen molar-refractivity contribution < 1.29 is 34.3 Å². The fourth-order valence-corrected chi connectivity index (χ4v) is 6.36. The van der Waals surface area contributed by atoms with Gasteiger partial charge in [0.2, 0.25) is 0 Å². The van der Waals surface area contributed by atoms with Gasteiger partial charge in [-0.15, -0.1) is 0 Å². The number of aliphatic hydroxyl groups is 2. The first-order valence-corrected chi connectivity index (χ1v) is 17.7. The van der Waals surface area contributed by atoms with Crippen LogP contribution in [0.4, 0.5) is 0 Å². The van der Waals surface area contributed by atoms with E-state index in [1.54, 1.807) is 24.4 Å². The molecule has 0 aliphatic carbocycles. The summed E-state index contributed by atoms with van der Waals surface area (Å²) in [6.45, 7) is 5.97. The number of carbonyl (C=O) groups is 1. The number of carboxylic acids is 1. The molecule has 1 fully saturated rings. The molecule has 0 bridgehead atoms. The SMILES string of the molecule is Cc1c(COc2cc(OCc3cncc(C#N)c3)c(CN[C@@](C)(CO)C(=O)O)cc2Cl)cccc1-c1cccc(OCCCN2CCC(O)C2)c1Cl. The number of nitrogens with zero attached hydrogens (tertiary/aromatic N) is 3. The van der Waals surface area contributed by atoms with Gasteiger partial charge in [0, 0.05) is 61.3 Å². The molecule has 3 aromatic carbocycles. The van der Waals surface area contributed by atoms with Crippen LogP contribution in [0.5, 0.6) is 17.2 Å². The number of hydrogen-bond donors (Lipinski definition) is 4. The van der Waals surface area contributed by atoms with Gasteiger partial charge in [0.25, 0.3) is 0 Å². The number of halogens is 2. The predicted octanol–water partition coefficient (Wildman–Crippen LogP) is 6.15. The number of aliphatic hydroxyl groups excluding tert-OH is 2. The normalized spacial score (nSPS) is 15.5. The van der Waals surface area contributed by atoms with Gasteiger partial charge in [-0.25, -0.2) is 0 Å². The Balaban J connectivity index is 1.32. The van der Waals surface area contributed by atoms with Crippen LogP contribution in [0.2, 0.25) is 10.0 Å².